The maximum atomic E-state index is 12.5. The van der Waals surface area contributed by atoms with Crippen molar-refractivity contribution in [1.82, 2.24) is 19.4 Å². The van der Waals surface area contributed by atoms with Crippen molar-refractivity contribution in [3.05, 3.63) is 64.1 Å². The molecule has 0 unspecified atom stereocenters. The van der Waals surface area contributed by atoms with E-state index < -0.39 is 10.0 Å². The summed E-state index contributed by atoms with van der Waals surface area (Å²) in [5.74, 6) is 0.545. The Balaban J connectivity index is 1.54. The molecule has 138 valence electrons. The van der Waals surface area contributed by atoms with Crippen molar-refractivity contribution in [2.75, 3.05) is 0 Å². The average molecular weight is 402 g/mol. The van der Waals surface area contributed by atoms with E-state index in [1.165, 1.54) is 16.7 Å². The molecule has 0 bridgehead atoms. The molecule has 2 aromatic heterocycles. The average Bonchev–Trinajstić information content (AvgIpc) is 3.26. The Bertz CT molecular complexity index is 1270. The molecule has 4 aromatic rings. The fraction of sp³-hybridized carbons (Fsp3) is 0.118. The quantitative estimate of drug-likeness (QED) is 0.548. The van der Waals surface area contributed by atoms with Gasteiger partial charge in [0.1, 0.15) is 0 Å². The lowest BCUT2D eigenvalue weighted by Crippen LogP contribution is -2.23. The summed E-state index contributed by atoms with van der Waals surface area (Å²) in [6, 6.07) is 13.8. The van der Waals surface area contributed by atoms with Crippen LogP contribution in [0.2, 0.25) is 0 Å². The normalized spacial score (nSPS) is 11.9. The lowest BCUT2D eigenvalue weighted by molar-refractivity contribution is 0.376. The van der Waals surface area contributed by atoms with E-state index in [2.05, 4.69) is 14.9 Å². The van der Waals surface area contributed by atoms with Crippen LogP contribution in [0.25, 0.3) is 21.6 Å². The van der Waals surface area contributed by atoms with Crippen LogP contribution in [-0.4, -0.2) is 23.1 Å². The predicted octanol–water partition coefficient (Wildman–Crippen LogP) is 2.13. The van der Waals surface area contributed by atoms with Crippen LogP contribution < -0.4 is 9.60 Å². The fourth-order valence-corrected chi connectivity index (χ4v) is 4.55. The number of fused-ring (bicyclic) bond motifs is 1. The number of sulfonamides is 1. The number of rotatable bonds is 5. The molecule has 8 nitrogen and oxygen atoms in total. The van der Waals surface area contributed by atoms with Crippen molar-refractivity contribution in [1.29, 1.82) is 0 Å². The van der Waals surface area contributed by atoms with Crippen molar-refractivity contribution in [2.45, 2.75) is 11.4 Å². The van der Waals surface area contributed by atoms with Gasteiger partial charge in [-0.05, 0) is 18.2 Å². The van der Waals surface area contributed by atoms with Gasteiger partial charge in [0.15, 0.2) is 0 Å². The van der Waals surface area contributed by atoms with Crippen molar-refractivity contribution in [2.24, 2.45) is 7.05 Å². The van der Waals surface area contributed by atoms with Gasteiger partial charge in [-0.25, -0.2) is 13.1 Å². The molecule has 0 saturated carbocycles. The lowest BCUT2D eigenvalue weighted by atomic mass is 10.2. The topological polar surface area (TPSA) is 107 Å². The largest absolute Gasteiger partial charge is 0.338 e. The Morgan fingerprint density at radius 1 is 1.19 bits per heavy atom. The van der Waals surface area contributed by atoms with Gasteiger partial charge in [0.05, 0.1) is 21.7 Å². The van der Waals surface area contributed by atoms with Crippen LogP contribution in [0.5, 0.6) is 0 Å². The molecule has 2 heterocycles. The molecule has 0 amide bonds. The monoisotopic (exact) mass is 402 g/mol. The minimum absolute atomic E-state index is 0.0691. The number of hydrogen-bond donors (Lipinski definition) is 1. The van der Waals surface area contributed by atoms with E-state index in [4.69, 9.17) is 4.52 Å². The summed E-state index contributed by atoms with van der Waals surface area (Å²) in [6.45, 7) is -0.134. The van der Waals surface area contributed by atoms with E-state index in [9.17, 15) is 13.2 Å². The molecule has 2 aromatic carbocycles. The van der Waals surface area contributed by atoms with Gasteiger partial charge in [-0.3, -0.25) is 4.79 Å². The van der Waals surface area contributed by atoms with Gasteiger partial charge >= 0.3 is 4.87 Å². The molecular formula is C17H14N4O4S2. The molecule has 0 radical (unpaired) electrons. The third-order valence-electron chi connectivity index (χ3n) is 3.99. The minimum atomic E-state index is -3.79. The van der Waals surface area contributed by atoms with E-state index in [-0.39, 0.29) is 22.2 Å². The maximum Gasteiger partial charge on any atom is 0.307 e. The SMILES string of the molecule is Cn1c(=O)sc2cc(S(=O)(=O)NCc3nc(-c4ccccc4)no3)ccc21. The van der Waals surface area contributed by atoms with Gasteiger partial charge in [-0.1, -0.05) is 46.8 Å². The van der Waals surface area contributed by atoms with Crippen LogP contribution in [-0.2, 0) is 23.6 Å². The highest BCUT2D eigenvalue weighted by Gasteiger charge is 2.18. The van der Waals surface area contributed by atoms with Crippen LogP contribution in [0.3, 0.4) is 0 Å². The summed E-state index contributed by atoms with van der Waals surface area (Å²) < 4.78 is 34.7. The van der Waals surface area contributed by atoms with E-state index in [0.717, 1.165) is 16.9 Å². The molecule has 0 atom stereocenters. The maximum absolute atomic E-state index is 12.5. The zero-order valence-corrected chi connectivity index (χ0v) is 15.8. The van der Waals surface area contributed by atoms with Crippen LogP contribution in [0.1, 0.15) is 5.89 Å². The van der Waals surface area contributed by atoms with Crippen molar-refractivity contribution in [3.63, 3.8) is 0 Å². The Morgan fingerprint density at radius 2 is 1.96 bits per heavy atom. The number of thiazole rings is 1. The molecule has 1 N–H and O–H groups in total. The third-order valence-corrected chi connectivity index (χ3v) is 6.38. The summed E-state index contributed by atoms with van der Waals surface area (Å²) in [5, 5.41) is 3.86. The first kappa shape index (κ1) is 17.6. The second-order valence-corrected chi connectivity index (χ2v) is 8.52. The molecule has 27 heavy (non-hydrogen) atoms. The summed E-state index contributed by atoms with van der Waals surface area (Å²) in [5.41, 5.74) is 1.47. The molecule has 0 aliphatic carbocycles. The lowest BCUT2D eigenvalue weighted by Gasteiger charge is -2.05. The Hall–Kier alpha value is -2.82. The second kappa shape index (κ2) is 6.72. The Labute approximate surface area is 158 Å². The second-order valence-electron chi connectivity index (χ2n) is 5.76. The number of nitrogens with zero attached hydrogens (tertiary/aromatic N) is 3. The zero-order valence-electron chi connectivity index (χ0n) is 14.1. The highest BCUT2D eigenvalue weighted by Crippen LogP contribution is 2.21. The van der Waals surface area contributed by atoms with Crippen molar-refractivity contribution < 1.29 is 12.9 Å². The van der Waals surface area contributed by atoms with Gasteiger partial charge in [-0.2, -0.15) is 4.98 Å². The predicted molar refractivity (Wildman–Crippen MR) is 101 cm³/mol. The first-order chi connectivity index (χ1) is 12.9. The smallest absolute Gasteiger partial charge is 0.307 e. The number of aromatic nitrogens is 3. The highest BCUT2D eigenvalue weighted by atomic mass is 32.2. The van der Waals surface area contributed by atoms with Gasteiger partial charge in [0, 0.05) is 12.6 Å². The van der Waals surface area contributed by atoms with Crippen LogP contribution >= 0.6 is 11.3 Å². The summed E-state index contributed by atoms with van der Waals surface area (Å²) in [7, 11) is -2.14. The summed E-state index contributed by atoms with van der Waals surface area (Å²) in [6.07, 6.45) is 0. The molecule has 0 spiro atoms. The Morgan fingerprint density at radius 3 is 2.74 bits per heavy atom. The number of benzene rings is 2. The van der Waals surface area contributed by atoms with Gasteiger partial charge in [0.2, 0.25) is 21.7 Å². The van der Waals surface area contributed by atoms with E-state index in [1.807, 2.05) is 30.3 Å². The van der Waals surface area contributed by atoms with E-state index in [1.54, 1.807) is 13.1 Å². The first-order valence-electron chi connectivity index (χ1n) is 7.91. The fourth-order valence-electron chi connectivity index (χ4n) is 2.55. The molecule has 0 aliphatic rings. The van der Waals surface area contributed by atoms with Crippen molar-refractivity contribution >= 4 is 31.6 Å². The highest BCUT2D eigenvalue weighted by molar-refractivity contribution is 7.89. The Kier molecular flexibility index (Phi) is 4.38. The molecule has 4 rings (SSSR count). The van der Waals surface area contributed by atoms with E-state index >= 15 is 0 Å². The molecule has 0 saturated heterocycles. The molecule has 0 aliphatic heterocycles. The molecule has 0 fully saturated rings. The third kappa shape index (κ3) is 3.42. The van der Waals surface area contributed by atoms with Gasteiger partial charge < -0.3 is 9.09 Å². The summed E-state index contributed by atoms with van der Waals surface area (Å²) in [4.78, 5) is 15.8. The molecular weight excluding hydrogens is 388 g/mol. The van der Waals surface area contributed by atoms with Crippen LogP contribution in [0.15, 0.2) is 62.7 Å². The number of hydrogen-bond acceptors (Lipinski definition) is 7. The van der Waals surface area contributed by atoms with Gasteiger partial charge in [-0.15, -0.1) is 0 Å². The number of aryl methyl sites for hydroxylation is 1. The first-order valence-corrected chi connectivity index (χ1v) is 10.2. The minimum Gasteiger partial charge on any atom is -0.338 e. The summed E-state index contributed by atoms with van der Waals surface area (Å²) >= 11 is 0.999. The zero-order chi connectivity index (χ0) is 19.0. The van der Waals surface area contributed by atoms with Gasteiger partial charge in [0.25, 0.3) is 0 Å². The van der Waals surface area contributed by atoms with E-state index in [0.29, 0.717) is 16.0 Å². The van der Waals surface area contributed by atoms with Crippen LogP contribution in [0.4, 0.5) is 0 Å². The standard InChI is InChI=1S/C17H14N4O4S2/c1-21-13-8-7-12(9-14(13)26-17(21)22)27(23,24)18-10-15-19-16(20-25-15)11-5-3-2-4-6-11/h2-9,18H,10H2,1H3. The number of nitrogens with one attached hydrogen (secondary N) is 1. The van der Waals surface area contributed by atoms with Crippen molar-refractivity contribution in [3.8, 4) is 11.4 Å². The van der Waals surface area contributed by atoms with Crippen LogP contribution in [0, 0.1) is 0 Å². The molecule has 10 heteroatoms.